The van der Waals surface area contributed by atoms with E-state index in [1.165, 1.54) is 48.4 Å². The zero-order valence-corrected chi connectivity index (χ0v) is 12.6. The van der Waals surface area contributed by atoms with E-state index >= 15 is 0 Å². The average molecular weight is 277 g/mol. The molecule has 2 aromatic rings. The fourth-order valence-electron chi connectivity index (χ4n) is 4.44. The SMILES string of the molecule is C=CC[C@@H]1NC2(CCCC2)Cc2c1ccc1ccccc21. The molecule has 1 spiro atoms. The minimum Gasteiger partial charge on any atom is -0.304 e. The van der Waals surface area contributed by atoms with Gasteiger partial charge in [-0.15, -0.1) is 6.58 Å². The van der Waals surface area contributed by atoms with E-state index in [0.29, 0.717) is 11.6 Å². The van der Waals surface area contributed by atoms with Crippen LogP contribution in [0.4, 0.5) is 0 Å². The van der Waals surface area contributed by atoms with Crippen LogP contribution in [0.25, 0.3) is 10.8 Å². The van der Waals surface area contributed by atoms with Crippen molar-refractivity contribution >= 4 is 10.8 Å². The van der Waals surface area contributed by atoms with E-state index < -0.39 is 0 Å². The van der Waals surface area contributed by atoms with Gasteiger partial charge in [0.15, 0.2) is 0 Å². The van der Waals surface area contributed by atoms with Crippen LogP contribution in [-0.4, -0.2) is 5.54 Å². The highest BCUT2D eigenvalue weighted by Gasteiger charge is 2.40. The van der Waals surface area contributed by atoms with E-state index in [1.54, 1.807) is 5.56 Å². The summed E-state index contributed by atoms with van der Waals surface area (Å²) in [7, 11) is 0. The Morgan fingerprint density at radius 3 is 2.76 bits per heavy atom. The average Bonchev–Trinajstić information content (AvgIpc) is 2.95. The minimum absolute atomic E-state index is 0.338. The van der Waals surface area contributed by atoms with Crippen molar-refractivity contribution in [3.63, 3.8) is 0 Å². The molecule has 2 aliphatic rings. The lowest BCUT2D eigenvalue weighted by molar-refractivity contribution is 0.268. The van der Waals surface area contributed by atoms with Gasteiger partial charge in [0.05, 0.1) is 0 Å². The molecule has 21 heavy (non-hydrogen) atoms. The summed E-state index contributed by atoms with van der Waals surface area (Å²) in [5, 5.41) is 6.81. The molecule has 2 aromatic carbocycles. The fourth-order valence-corrected chi connectivity index (χ4v) is 4.44. The second-order valence-corrected chi connectivity index (χ2v) is 6.74. The van der Waals surface area contributed by atoms with Gasteiger partial charge in [-0.2, -0.15) is 0 Å². The molecule has 108 valence electrons. The molecular weight excluding hydrogens is 254 g/mol. The van der Waals surface area contributed by atoms with Crippen LogP contribution in [0, 0.1) is 0 Å². The number of hydrogen-bond acceptors (Lipinski definition) is 1. The summed E-state index contributed by atoms with van der Waals surface area (Å²) in [5.41, 5.74) is 3.41. The van der Waals surface area contributed by atoms with Gasteiger partial charge < -0.3 is 5.32 Å². The van der Waals surface area contributed by atoms with Crippen molar-refractivity contribution < 1.29 is 0 Å². The van der Waals surface area contributed by atoms with Gasteiger partial charge in [0, 0.05) is 11.6 Å². The molecule has 1 heterocycles. The fraction of sp³-hybridized carbons (Fsp3) is 0.400. The third-order valence-corrected chi connectivity index (χ3v) is 5.41. The second kappa shape index (κ2) is 4.99. The minimum atomic E-state index is 0.338. The van der Waals surface area contributed by atoms with Crippen LogP contribution >= 0.6 is 0 Å². The first-order chi connectivity index (χ1) is 10.3. The highest BCUT2D eigenvalue weighted by Crippen LogP contribution is 2.43. The van der Waals surface area contributed by atoms with Crippen LogP contribution in [0.2, 0.25) is 0 Å². The van der Waals surface area contributed by atoms with Gasteiger partial charge in [0.2, 0.25) is 0 Å². The van der Waals surface area contributed by atoms with Gasteiger partial charge in [-0.3, -0.25) is 0 Å². The number of fused-ring (bicyclic) bond motifs is 3. The zero-order valence-electron chi connectivity index (χ0n) is 12.6. The van der Waals surface area contributed by atoms with Crippen molar-refractivity contribution in [3.8, 4) is 0 Å². The Bertz CT molecular complexity index is 679. The molecule has 1 aliphatic carbocycles. The Balaban J connectivity index is 1.89. The van der Waals surface area contributed by atoms with E-state index in [1.807, 2.05) is 0 Å². The van der Waals surface area contributed by atoms with Crippen molar-refractivity contribution in [2.75, 3.05) is 0 Å². The molecule has 1 atom stereocenters. The second-order valence-electron chi connectivity index (χ2n) is 6.74. The van der Waals surface area contributed by atoms with Crippen molar-refractivity contribution in [1.29, 1.82) is 0 Å². The molecule has 1 aliphatic heterocycles. The van der Waals surface area contributed by atoms with Gasteiger partial charge >= 0.3 is 0 Å². The molecule has 1 saturated carbocycles. The molecule has 0 aromatic heterocycles. The standard InChI is InChI=1S/C20H23N/c1-2-7-19-17-11-10-15-8-3-4-9-16(15)18(17)14-20(21-19)12-5-6-13-20/h2-4,8-11,19,21H,1,5-7,12-14H2/t19-/m0/s1. The summed E-state index contributed by atoms with van der Waals surface area (Å²) in [4.78, 5) is 0. The molecule has 1 fully saturated rings. The molecule has 0 unspecified atom stereocenters. The Labute approximate surface area is 127 Å². The van der Waals surface area contributed by atoms with Crippen LogP contribution in [-0.2, 0) is 6.42 Å². The summed E-state index contributed by atoms with van der Waals surface area (Å²) >= 11 is 0. The first kappa shape index (κ1) is 13.1. The first-order valence-corrected chi connectivity index (χ1v) is 8.20. The Morgan fingerprint density at radius 2 is 1.95 bits per heavy atom. The van der Waals surface area contributed by atoms with Crippen LogP contribution in [0.5, 0.6) is 0 Å². The predicted molar refractivity (Wildman–Crippen MR) is 89.5 cm³/mol. The third-order valence-electron chi connectivity index (χ3n) is 5.41. The normalized spacial score (nSPS) is 23.3. The zero-order chi connectivity index (χ0) is 14.3. The lowest BCUT2D eigenvalue weighted by Gasteiger charge is -2.41. The maximum atomic E-state index is 3.98. The highest BCUT2D eigenvalue weighted by molar-refractivity contribution is 5.87. The third kappa shape index (κ3) is 2.11. The van der Waals surface area contributed by atoms with Gasteiger partial charge in [0.1, 0.15) is 0 Å². The predicted octanol–water partition coefficient (Wildman–Crippen LogP) is 4.92. The monoisotopic (exact) mass is 277 g/mol. The van der Waals surface area contributed by atoms with E-state index in [0.717, 1.165) is 6.42 Å². The van der Waals surface area contributed by atoms with Gasteiger partial charge in [-0.1, -0.05) is 55.3 Å². The highest BCUT2D eigenvalue weighted by atomic mass is 15.0. The molecule has 0 amide bonds. The van der Waals surface area contributed by atoms with Gasteiger partial charge in [-0.05, 0) is 47.6 Å². The molecule has 4 rings (SSSR count). The maximum absolute atomic E-state index is 3.98. The molecule has 1 N–H and O–H groups in total. The topological polar surface area (TPSA) is 12.0 Å². The van der Waals surface area contributed by atoms with E-state index in [4.69, 9.17) is 0 Å². The first-order valence-electron chi connectivity index (χ1n) is 8.20. The lowest BCUT2D eigenvalue weighted by Crippen LogP contribution is -2.50. The largest absolute Gasteiger partial charge is 0.304 e. The molecule has 0 radical (unpaired) electrons. The molecule has 0 bridgehead atoms. The summed E-state index contributed by atoms with van der Waals surface area (Å²) < 4.78 is 0. The quantitative estimate of drug-likeness (QED) is 0.769. The Hall–Kier alpha value is -1.60. The molecule has 1 nitrogen and oxygen atoms in total. The van der Waals surface area contributed by atoms with Crippen molar-refractivity contribution in [1.82, 2.24) is 5.32 Å². The summed E-state index contributed by atoms with van der Waals surface area (Å²) in [6.07, 6.45) is 9.66. The van der Waals surface area contributed by atoms with E-state index in [-0.39, 0.29) is 0 Å². The van der Waals surface area contributed by atoms with Crippen molar-refractivity contribution in [3.05, 3.63) is 60.2 Å². The van der Waals surface area contributed by atoms with Crippen molar-refractivity contribution in [2.24, 2.45) is 0 Å². The molecule has 1 heteroatoms. The van der Waals surface area contributed by atoms with Crippen LogP contribution in [0.15, 0.2) is 49.1 Å². The summed E-state index contributed by atoms with van der Waals surface area (Å²) in [6, 6.07) is 13.9. The summed E-state index contributed by atoms with van der Waals surface area (Å²) in [6.45, 7) is 3.97. The van der Waals surface area contributed by atoms with Gasteiger partial charge in [0.25, 0.3) is 0 Å². The summed E-state index contributed by atoms with van der Waals surface area (Å²) in [5.74, 6) is 0. The molecular formula is C20H23N. The number of nitrogens with one attached hydrogen (secondary N) is 1. The van der Waals surface area contributed by atoms with E-state index in [9.17, 15) is 0 Å². The molecule has 0 saturated heterocycles. The van der Waals surface area contributed by atoms with Crippen LogP contribution < -0.4 is 5.32 Å². The van der Waals surface area contributed by atoms with Crippen LogP contribution in [0.1, 0.15) is 49.3 Å². The maximum Gasteiger partial charge on any atom is 0.0362 e. The van der Waals surface area contributed by atoms with Crippen molar-refractivity contribution in [2.45, 2.75) is 50.1 Å². The van der Waals surface area contributed by atoms with Gasteiger partial charge in [-0.25, -0.2) is 0 Å². The smallest absolute Gasteiger partial charge is 0.0362 e. The number of rotatable bonds is 2. The Morgan fingerprint density at radius 1 is 1.14 bits per heavy atom. The van der Waals surface area contributed by atoms with Crippen LogP contribution in [0.3, 0.4) is 0 Å². The number of benzene rings is 2. The van der Waals surface area contributed by atoms with E-state index in [2.05, 4.69) is 54.4 Å². The lowest BCUT2D eigenvalue weighted by atomic mass is 9.77. The Kier molecular flexibility index (Phi) is 3.11. The number of hydrogen-bond donors (Lipinski definition) is 1.